The Morgan fingerprint density at radius 3 is 2.30 bits per heavy atom. The van der Waals surface area contributed by atoms with Gasteiger partial charge in [-0.15, -0.1) is 0 Å². The van der Waals surface area contributed by atoms with Crippen LogP contribution in [0.25, 0.3) is 10.8 Å². The number of benzene rings is 2. The fourth-order valence-corrected chi connectivity index (χ4v) is 3.87. The first-order chi connectivity index (χ1) is 12.8. The number of hydrogen-bond acceptors (Lipinski definition) is 5. The van der Waals surface area contributed by atoms with Crippen LogP contribution in [0.5, 0.6) is 0 Å². The Hall–Kier alpha value is -2.71. The number of rotatable bonds is 7. The Balaban J connectivity index is 1.69. The molecular formula is C19H22N4O3S. The lowest BCUT2D eigenvalue weighted by Crippen LogP contribution is -2.38. The molecule has 2 aromatic carbocycles. The van der Waals surface area contributed by atoms with Crippen molar-refractivity contribution in [2.45, 2.75) is 18.7 Å². The fraction of sp³-hybridized carbons (Fsp3) is 0.263. The molecule has 0 spiro atoms. The second-order valence-electron chi connectivity index (χ2n) is 7.10. The Morgan fingerprint density at radius 1 is 0.963 bits per heavy atom. The van der Waals surface area contributed by atoms with Gasteiger partial charge in [0, 0.05) is 18.5 Å². The van der Waals surface area contributed by atoms with E-state index in [2.05, 4.69) is 20.2 Å². The first-order valence-electron chi connectivity index (χ1n) is 8.55. The Labute approximate surface area is 157 Å². The lowest BCUT2D eigenvalue weighted by molar-refractivity contribution is 0.387. The molecule has 0 aliphatic carbocycles. The van der Waals surface area contributed by atoms with Crippen LogP contribution in [0.3, 0.4) is 0 Å². The zero-order valence-electron chi connectivity index (χ0n) is 15.2. The van der Waals surface area contributed by atoms with Crippen LogP contribution in [-0.2, 0) is 10.0 Å². The van der Waals surface area contributed by atoms with Gasteiger partial charge in [0.05, 0.1) is 10.3 Å². The average Bonchev–Trinajstić information content (AvgIpc) is 2.67. The smallest absolute Gasteiger partial charge is 0.272 e. The molecule has 142 valence electrons. The van der Waals surface area contributed by atoms with Crippen LogP contribution >= 0.6 is 0 Å². The summed E-state index contributed by atoms with van der Waals surface area (Å²) in [4.78, 5) is 12.1. The molecule has 7 nitrogen and oxygen atoms in total. The third kappa shape index (κ3) is 4.53. The molecule has 1 heterocycles. The molecule has 0 saturated heterocycles. The van der Waals surface area contributed by atoms with Gasteiger partial charge in [-0.3, -0.25) is 4.79 Å². The van der Waals surface area contributed by atoms with Gasteiger partial charge >= 0.3 is 0 Å². The van der Waals surface area contributed by atoms with Crippen LogP contribution in [0.15, 0.2) is 64.3 Å². The molecule has 0 aliphatic heterocycles. The van der Waals surface area contributed by atoms with Crippen molar-refractivity contribution in [2.75, 3.05) is 18.4 Å². The normalized spacial score (nSPS) is 12.2. The van der Waals surface area contributed by atoms with Crippen molar-refractivity contribution in [1.29, 1.82) is 0 Å². The summed E-state index contributed by atoms with van der Waals surface area (Å²) in [6.45, 7) is 4.61. The number of anilines is 1. The number of aromatic amines is 1. The molecule has 27 heavy (non-hydrogen) atoms. The summed E-state index contributed by atoms with van der Waals surface area (Å²) >= 11 is 0. The van der Waals surface area contributed by atoms with Gasteiger partial charge in [0.2, 0.25) is 10.0 Å². The lowest BCUT2D eigenvalue weighted by atomic mass is 9.94. The predicted octanol–water partition coefficient (Wildman–Crippen LogP) is 2.34. The van der Waals surface area contributed by atoms with Crippen molar-refractivity contribution in [3.8, 4) is 0 Å². The summed E-state index contributed by atoms with van der Waals surface area (Å²) in [5.74, 6) is 0.559. The molecule has 0 amide bonds. The minimum absolute atomic E-state index is 0.238. The first kappa shape index (κ1) is 19.1. The van der Waals surface area contributed by atoms with Crippen LogP contribution in [0, 0.1) is 5.41 Å². The molecule has 0 atom stereocenters. The highest BCUT2D eigenvalue weighted by Crippen LogP contribution is 2.20. The van der Waals surface area contributed by atoms with Gasteiger partial charge in [-0.1, -0.05) is 50.2 Å². The molecule has 0 aliphatic rings. The third-order valence-electron chi connectivity index (χ3n) is 4.22. The second kappa shape index (κ2) is 7.50. The van der Waals surface area contributed by atoms with E-state index in [-0.39, 0.29) is 22.4 Å². The van der Waals surface area contributed by atoms with Crippen LogP contribution < -0.4 is 15.6 Å². The van der Waals surface area contributed by atoms with E-state index in [1.54, 1.807) is 42.5 Å². The zero-order chi connectivity index (χ0) is 19.5. The van der Waals surface area contributed by atoms with E-state index in [0.29, 0.717) is 17.7 Å². The number of H-pyrrole nitrogens is 1. The topological polar surface area (TPSA) is 104 Å². The standard InChI is InChI=1S/C19H22N4O3S/c1-19(2,13-21-27(25,26)14-8-4-3-5-9-14)12-20-17-15-10-6-7-11-16(15)18(24)23-22-17/h3-11,21H,12-13H2,1-2H3,(H,20,22)(H,23,24). The minimum Gasteiger partial charge on any atom is -0.368 e. The SMILES string of the molecule is CC(C)(CNc1n[nH]c(=O)c2ccccc12)CNS(=O)(=O)c1ccccc1. The molecule has 0 radical (unpaired) electrons. The van der Waals surface area contributed by atoms with Crippen LogP contribution in [-0.4, -0.2) is 31.7 Å². The zero-order valence-corrected chi connectivity index (χ0v) is 16.0. The first-order valence-corrected chi connectivity index (χ1v) is 10.0. The minimum atomic E-state index is -3.56. The number of nitrogens with zero attached hydrogens (tertiary/aromatic N) is 1. The number of aromatic nitrogens is 2. The Bertz CT molecular complexity index is 1090. The van der Waals surface area contributed by atoms with Gasteiger partial charge in [0.25, 0.3) is 5.56 Å². The number of sulfonamides is 1. The molecule has 1 aromatic heterocycles. The quantitative estimate of drug-likeness (QED) is 0.578. The average molecular weight is 386 g/mol. The summed E-state index contributed by atoms with van der Waals surface area (Å²) in [6.07, 6.45) is 0. The van der Waals surface area contributed by atoms with Crippen molar-refractivity contribution in [1.82, 2.24) is 14.9 Å². The van der Waals surface area contributed by atoms with Crippen LogP contribution in [0.2, 0.25) is 0 Å². The largest absolute Gasteiger partial charge is 0.368 e. The van der Waals surface area contributed by atoms with Crippen molar-refractivity contribution < 1.29 is 8.42 Å². The van der Waals surface area contributed by atoms with Gasteiger partial charge in [-0.05, 0) is 23.6 Å². The van der Waals surface area contributed by atoms with E-state index in [4.69, 9.17) is 0 Å². The molecule has 0 fully saturated rings. The van der Waals surface area contributed by atoms with Gasteiger partial charge < -0.3 is 5.32 Å². The van der Waals surface area contributed by atoms with Gasteiger partial charge in [0.15, 0.2) is 5.82 Å². The predicted molar refractivity (Wildman–Crippen MR) is 106 cm³/mol. The van der Waals surface area contributed by atoms with E-state index in [9.17, 15) is 13.2 Å². The Morgan fingerprint density at radius 2 is 1.59 bits per heavy atom. The molecule has 8 heteroatoms. The number of fused-ring (bicyclic) bond motifs is 1. The van der Waals surface area contributed by atoms with Crippen LogP contribution in [0.1, 0.15) is 13.8 Å². The molecule has 3 rings (SSSR count). The van der Waals surface area contributed by atoms with Gasteiger partial charge in [0.1, 0.15) is 0 Å². The monoisotopic (exact) mass is 386 g/mol. The summed E-state index contributed by atoms with van der Waals surface area (Å²) in [6, 6.07) is 15.5. The molecule has 0 unspecified atom stereocenters. The molecule has 0 saturated carbocycles. The maximum Gasteiger partial charge on any atom is 0.272 e. The van der Waals surface area contributed by atoms with Crippen molar-refractivity contribution in [3.05, 3.63) is 65.0 Å². The lowest BCUT2D eigenvalue weighted by Gasteiger charge is -2.25. The molecule has 3 N–H and O–H groups in total. The van der Waals surface area contributed by atoms with E-state index >= 15 is 0 Å². The highest BCUT2D eigenvalue weighted by Gasteiger charge is 2.23. The van der Waals surface area contributed by atoms with Crippen LogP contribution in [0.4, 0.5) is 5.82 Å². The van der Waals surface area contributed by atoms with E-state index in [0.717, 1.165) is 5.39 Å². The number of hydrogen-bond donors (Lipinski definition) is 3. The van der Waals surface area contributed by atoms with Gasteiger partial charge in [-0.25, -0.2) is 18.2 Å². The van der Waals surface area contributed by atoms with E-state index in [1.807, 2.05) is 26.0 Å². The second-order valence-corrected chi connectivity index (χ2v) is 8.87. The van der Waals surface area contributed by atoms with Gasteiger partial charge in [-0.2, -0.15) is 5.10 Å². The fourth-order valence-electron chi connectivity index (χ4n) is 2.61. The summed E-state index contributed by atoms with van der Waals surface area (Å²) in [5, 5.41) is 11.0. The maximum atomic E-state index is 12.4. The summed E-state index contributed by atoms with van der Waals surface area (Å²) in [7, 11) is -3.56. The maximum absolute atomic E-state index is 12.4. The van der Waals surface area contributed by atoms with Crippen molar-refractivity contribution >= 4 is 26.6 Å². The van der Waals surface area contributed by atoms with E-state index < -0.39 is 10.0 Å². The molecular weight excluding hydrogens is 364 g/mol. The van der Waals surface area contributed by atoms with Crippen molar-refractivity contribution in [2.24, 2.45) is 5.41 Å². The Kier molecular flexibility index (Phi) is 5.29. The highest BCUT2D eigenvalue weighted by atomic mass is 32.2. The molecule has 3 aromatic rings. The third-order valence-corrected chi connectivity index (χ3v) is 5.64. The highest BCUT2D eigenvalue weighted by molar-refractivity contribution is 7.89. The van der Waals surface area contributed by atoms with Crippen molar-refractivity contribution in [3.63, 3.8) is 0 Å². The number of nitrogens with one attached hydrogen (secondary N) is 3. The summed E-state index contributed by atoms with van der Waals surface area (Å²) in [5.41, 5.74) is -0.633. The summed E-state index contributed by atoms with van der Waals surface area (Å²) < 4.78 is 27.4. The van der Waals surface area contributed by atoms with E-state index in [1.165, 1.54) is 0 Å². The molecule has 0 bridgehead atoms.